The van der Waals surface area contributed by atoms with E-state index in [2.05, 4.69) is 69.4 Å². The van der Waals surface area contributed by atoms with E-state index in [-0.39, 0.29) is 17.4 Å². The topological polar surface area (TPSA) is 73.4 Å². The lowest BCUT2D eigenvalue weighted by Gasteiger charge is -2.51. The fraction of sp³-hybridized carbons (Fsp3) is 0.519. The summed E-state index contributed by atoms with van der Waals surface area (Å²) in [6.45, 7) is 11.7. The van der Waals surface area contributed by atoms with Crippen molar-refractivity contribution in [1.29, 1.82) is 0 Å². The van der Waals surface area contributed by atoms with Crippen LogP contribution >= 0.6 is 11.3 Å². The van der Waals surface area contributed by atoms with E-state index in [9.17, 15) is 4.79 Å². The summed E-state index contributed by atoms with van der Waals surface area (Å²) in [5.74, 6) is 1.16. The zero-order valence-electron chi connectivity index (χ0n) is 21.0. The van der Waals surface area contributed by atoms with E-state index in [1.807, 2.05) is 18.2 Å². The van der Waals surface area contributed by atoms with E-state index in [1.54, 1.807) is 17.7 Å². The van der Waals surface area contributed by atoms with Crippen LogP contribution in [-0.4, -0.2) is 66.1 Å². The van der Waals surface area contributed by atoms with Crippen LogP contribution in [0, 0.1) is 5.41 Å². The van der Waals surface area contributed by atoms with Gasteiger partial charge in [-0.3, -0.25) is 9.69 Å². The molecule has 2 aliphatic heterocycles. The number of hydrogen-bond donors (Lipinski definition) is 2. The number of anilines is 1. The maximum Gasteiger partial charge on any atom is 0.242 e. The first-order chi connectivity index (χ1) is 17.0. The second-order valence-electron chi connectivity index (χ2n) is 10.3. The predicted molar refractivity (Wildman–Crippen MR) is 143 cm³/mol. The number of benzene rings is 1. The van der Waals surface area contributed by atoms with Gasteiger partial charge >= 0.3 is 0 Å². The van der Waals surface area contributed by atoms with Gasteiger partial charge in [0.25, 0.3) is 0 Å². The molecule has 0 saturated carbocycles. The number of nitrogens with one attached hydrogen (secondary N) is 2. The summed E-state index contributed by atoms with van der Waals surface area (Å²) in [4.78, 5) is 29.7. The Morgan fingerprint density at radius 3 is 2.69 bits per heavy atom. The summed E-state index contributed by atoms with van der Waals surface area (Å²) in [7, 11) is 0. The van der Waals surface area contributed by atoms with E-state index in [0.717, 1.165) is 61.8 Å². The smallest absolute Gasteiger partial charge is 0.242 e. The summed E-state index contributed by atoms with van der Waals surface area (Å²) in [5, 5.41) is 7.71. The van der Waals surface area contributed by atoms with E-state index in [0.29, 0.717) is 12.6 Å². The van der Waals surface area contributed by atoms with Crippen LogP contribution in [0.1, 0.15) is 43.7 Å². The first-order valence-electron chi connectivity index (χ1n) is 12.8. The van der Waals surface area contributed by atoms with Crippen LogP contribution in [0.4, 0.5) is 5.82 Å². The number of fused-ring (bicyclic) bond motifs is 1. The highest BCUT2D eigenvalue weighted by atomic mass is 32.1. The van der Waals surface area contributed by atoms with Crippen LogP contribution in [0.25, 0.3) is 10.2 Å². The van der Waals surface area contributed by atoms with Crippen LogP contribution in [-0.2, 0) is 11.2 Å². The van der Waals surface area contributed by atoms with Crippen LogP contribution in [0.3, 0.4) is 0 Å². The van der Waals surface area contributed by atoms with Crippen molar-refractivity contribution in [2.75, 3.05) is 44.2 Å². The molecule has 0 aliphatic carbocycles. The largest absolute Gasteiger partial charge is 0.355 e. The summed E-state index contributed by atoms with van der Waals surface area (Å²) in [5.41, 5.74) is 1.28. The summed E-state index contributed by atoms with van der Waals surface area (Å²) < 4.78 is 0. The molecule has 2 N–H and O–H groups in total. The number of aryl methyl sites for hydroxylation is 1. The minimum Gasteiger partial charge on any atom is -0.355 e. The summed E-state index contributed by atoms with van der Waals surface area (Å²) >= 11 is 1.77. The zero-order chi connectivity index (χ0) is 24.4. The Morgan fingerprint density at radius 1 is 1.14 bits per heavy atom. The SMILES string of the molecule is CCc1cc2c(N3CCC4(C3)CN(C(C(=O)NCCNC(C)C)c3ccccc3)C4)ncnc2s1. The summed E-state index contributed by atoms with van der Waals surface area (Å²) in [6, 6.07) is 12.6. The van der Waals surface area contributed by atoms with Gasteiger partial charge < -0.3 is 15.5 Å². The Kier molecular flexibility index (Phi) is 7.05. The molecule has 7 nitrogen and oxygen atoms in total. The van der Waals surface area contributed by atoms with Crippen molar-refractivity contribution in [2.24, 2.45) is 5.41 Å². The van der Waals surface area contributed by atoms with Gasteiger partial charge in [0.15, 0.2) is 0 Å². The predicted octanol–water partition coefficient (Wildman–Crippen LogP) is 3.62. The third-order valence-corrected chi connectivity index (χ3v) is 8.42. The monoisotopic (exact) mass is 492 g/mol. The van der Waals surface area contributed by atoms with Crippen LogP contribution in [0.15, 0.2) is 42.7 Å². The molecule has 0 radical (unpaired) electrons. The lowest BCUT2D eigenvalue weighted by molar-refractivity contribution is -0.132. The molecule has 0 bridgehead atoms. The van der Waals surface area contributed by atoms with Crippen molar-refractivity contribution < 1.29 is 4.79 Å². The highest BCUT2D eigenvalue weighted by molar-refractivity contribution is 7.18. The lowest BCUT2D eigenvalue weighted by atomic mass is 9.77. The molecule has 1 aromatic carbocycles. The van der Waals surface area contributed by atoms with Crippen molar-refractivity contribution in [3.8, 4) is 0 Å². The molecule has 2 aliphatic rings. The van der Waals surface area contributed by atoms with Gasteiger partial charge in [0.2, 0.25) is 5.91 Å². The van der Waals surface area contributed by atoms with Crippen molar-refractivity contribution in [3.63, 3.8) is 0 Å². The Labute approximate surface area is 211 Å². The molecule has 5 rings (SSSR count). The zero-order valence-corrected chi connectivity index (χ0v) is 21.8. The van der Waals surface area contributed by atoms with Gasteiger partial charge in [0, 0.05) is 55.6 Å². The fourth-order valence-electron chi connectivity index (χ4n) is 5.50. The number of thiophene rings is 1. The molecule has 35 heavy (non-hydrogen) atoms. The summed E-state index contributed by atoms with van der Waals surface area (Å²) in [6.07, 6.45) is 3.85. The molecule has 2 aromatic heterocycles. The van der Waals surface area contributed by atoms with Gasteiger partial charge in [-0.2, -0.15) is 0 Å². The number of aromatic nitrogens is 2. The second-order valence-corrected chi connectivity index (χ2v) is 11.4. The standard InChI is InChI=1S/C27H36N6OS/c1-4-21-14-22-24(30-18-31-26(22)35-21)32-13-10-27(15-32)16-33(17-27)23(20-8-6-5-7-9-20)25(34)29-12-11-28-19(2)3/h5-9,14,18-19,23,28H,4,10-13,15-17H2,1-3H3,(H,29,34). The average Bonchev–Trinajstić information content (AvgIpc) is 3.47. The number of amides is 1. The maximum absolute atomic E-state index is 13.3. The van der Waals surface area contributed by atoms with Gasteiger partial charge in [-0.1, -0.05) is 51.1 Å². The maximum atomic E-state index is 13.3. The van der Waals surface area contributed by atoms with Gasteiger partial charge in [-0.05, 0) is 24.5 Å². The Morgan fingerprint density at radius 2 is 1.94 bits per heavy atom. The van der Waals surface area contributed by atoms with Crippen molar-refractivity contribution >= 4 is 33.3 Å². The van der Waals surface area contributed by atoms with Crippen LogP contribution in [0.5, 0.6) is 0 Å². The van der Waals surface area contributed by atoms with Gasteiger partial charge in [-0.25, -0.2) is 9.97 Å². The normalized spacial score (nSPS) is 18.3. The molecule has 8 heteroatoms. The molecule has 3 aromatic rings. The Bertz CT molecular complexity index is 1160. The number of carbonyl (C=O) groups is 1. The molecule has 1 spiro atoms. The highest BCUT2D eigenvalue weighted by Gasteiger charge is 2.51. The number of rotatable bonds is 9. The highest BCUT2D eigenvalue weighted by Crippen LogP contribution is 2.45. The average molecular weight is 493 g/mol. The molecular formula is C27H36N6OS. The molecule has 186 valence electrons. The fourth-order valence-corrected chi connectivity index (χ4v) is 6.43. The van der Waals surface area contributed by atoms with Crippen molar-refractivity contribution in [3.05, 3.63) is 53.2 Å². The van der Waals surface area contributed by atoms with Gasteiger partial charge in [0.1, 0.15) is 23.0 Å². The molecule has 2 fully saturated rings. The molecule has 1 amide bonds. The second kappa shape index (κ2) is 10.2. The molecule has 2 saturated heterocycles. The lowest BCUT2D eigenvalue weighted by Crippen LogP contribution is -2.60. The van der Waals surface area contributed by atoms with E-state index in [4.69, 9.17) is 0 Å². The van der Waals surface area contributed by atoms with Crippen LogP contribution < -0.4 is 15.5 Å². The number of nitrogens with zero attached hydrogens (tertiary/aromatic N) is 4. The number of hydrogen-bond acceptors (Lipinski definition) is 7. The number of carbonyl (C=O) groups excluding carboxylic acids is 1. The Hall–Kier alpha value is -2.55. The van der Waals surface area contributed by atoms with Gasteiger partial charge in [-0.15, -0.1) is 11.3 Å². The first kappa shape index (κ1) is 24.2. The third-order valence-electron chi connectivity index (χ3n) is 7.23. The van der Waals surface area contributed by atoms with E-state index < -0.39 is 0 Å². The third kappa shape index (κ3) is 5.06. The Balaban J connectivity index is 1.27. The van der Waals surface area contributed by atoms with Crippen molar-refractivity contribution in [2.45, 2.75) is 45.7 Å². The minimum atomic E-state index is -0.246. The minimum absolute atomic E-state index is 0.0920. The van der Waals surface area contributed by atoms with Gasteiger partial charge in [0.05, 0.1) is 5.39 Å². The molecule has 1 unspecified atom stereocenters. The first-order valence-corrected chi connectivity index (χ1v) is 13.6. The molecular weight excluding hydrogens is 456 g/mol. The quantitative estimate of drug-likeness (QED) is 0.445. The van der Waals surface area contributed by atoms with Crippen LogP contribution in [0.2, 0.25) is 0 Å². The van der Waals surface area contributed by atoms with Crippen molar-refractivity contribution in [1.82, 2.24) is 25.5 Å². The van der Waals surface area contributed by atoms with E-state index in [1.165, 1.54) is 10.3 Å². The van der Waals surface area contributed by atoms with E-state index >= 15 is 0 Å². The molecule has 1 atom stereocenters. The number of likely N-dealkylation sites (tertiary alicyclic amines) is 1. The molecule has 4 heterocycles.